The molecule has 1 aliphatic rings. The molecule has 9 heteroatoms. The third-order valence-corrected chi connectivity index (χ3v) is 7.01. The average Bonchev–Trinajstić information content (AvgIpc) is 3.19. The van der Waals surface area contributed by atoms with Crippen LogP contribution < -0.4 is 4.74 Å². The summed E-state index contributed by atoms with van der Waals surface area (Å²) >= 11 is 0. The predicted molar refractivity (Wildman–Crippen MR) is 134 cm³/mol. The monoisotopic (exact) mass is 512 g/mol. The fraction of sp³-hybridized carbons (Fsp3) is 0.429. The van der Waals surface area contributed by atoms with Crippen molar-refractivity contribution in [2.45, 2.75) is 45.6 Å². The van der Waals surface area contributed by atoms with Gasteiger partial charge in [-0.05, 0) is 62.5 Å². The summed E-state index contributed by atoms with van der Waals surface area (Å²) in [6, 6.07) is 13.9. The molecule has 6 nitrogen and oxygen atoms in total. The Hall–Kier alpha value is -3.35. The van der Waals surface area contributed by atoms with E-state index in [0.29, 0.717) is 25.3 Å². The van der Waals surface area contributed by atoms with Crippen LogP contribution in [0.15, 0.2) is 54.7 Å². The van der Waals surface area contributed by atoms with Crippen LogP contribution in [0.1, 0.15) is 35.5 Å². The van der Waals surface area contributed by atoms with Gasteiger partial charge in [0.15, 0.2) is 5.69 Å². The lowest BCUT2D eigenvalue weighted by atomic mass is 9.74. The summed E-state index contributed by atoms with van der Waals surface area (Å²) in [6.07, 6.45) is -0.416. The van der Waals surface area contributed by atoms with Gasteiger partial charge in [0, 0.05) is 31.8 Å². The van der Waals surface area contributed by atoms with Gasteiger partial charge in [0.25, 0.3) is 0 Å². The van der Waals surface area contributed by atoms with Crippen LogP contribution in [0.5, 0.6) is 5.75 Å². The number of methoxy groups -OCH3 is 1. The molecule has 0 saturated carbocycles. The highest BCUT2D eigenvalue weighted by atomic mass is 19.4. The van der Waals surface area contributed by atoms with E-state index in [1.54, 1.807) is 13.2 Å². The van der Waals surface area contributed by atoms with Gasteiger partial charge in [-0.2, -0.15) is 0 Å². The Morgan fingerprint density at radius 3 is 2.43 bits per heavy atom. The van der Waals surface area contributed by atoms with Crippen LogP contribution in [0.3, 0.4) is 0 Å². The van der Waals surface area contributed by atoms with E-state index in [1.165, 1.54) is 12.1 Å². The molecule has 1 fully saturated rings. The van der Waals surface area contributed by atoms with E-state index >= 15 is 0 Å². The van der Waals surface area contributed by atoms with Gasteiger partial charge in [0.2, 0.25) is 0 Å². The Balaban J connectivity index is 1.41. The molecule has 1 aliphatic heterocycles. The molecule has 0 spiro atoms. The molecule has 0 aliphatic carbocycles. The number of imidazole rings is 1. The number of aryl methyl sites for hydroxylation is 1. The lowest BCUT2D eigenvalue weighted by Gasteiger charge is -2.41. The van der Waals surface area contributed by atoms with Crippen molar-refractivity contribution in [1.29, 1.82) is 0 Å². The largest absolute Gasteiger partial charge is 0.573 e. The number of aromatic nitrogens is 2. The molecular formula is C28H31F3N4O2. The van der Waals surface area contributed by atoms with Crippen molar-refractivity contribution in [2.24, 2.45) is 5.41 Å². The predicted octanol–water partition coefficient (Wildman–Crippen LogP) is 6.16. The highest BCUT2D eigenvalue weighted by molar-refractivity contribution is 5.45. The minimum atomic E-state index is -4.71. The first-order chi connectivity index (χ1) is 17.7. The fourth-order valence-corrected chi connectivity index (χ4v) is 5.09. The van der Waals surface area contributed by atoms with Gasteiger partial charge in [-0.15, -0.1) is 13.2 Å². The summed E-state index contributed by atoms with van der Waals surface area (Å²) < 4.78 is 49.9. The maximum Gasteiger partial charge on any atom is 0.573 e. The van der Waals surface area contributed by atoms with Crippen molar-refractivity contribution in [3.05, 3.63) is 88.8 Å². The molecule has 37 heavy (non-hydrogen) atoms. The van der Waals surface area contributed by atoms with Crippen molar-refractivity contribution in [3.63, 3.8) is 0 Å². The summed E-state index contributed by atoms with van der Waals surface area (Å²) in [5, 5.41) is 0. The van der Waals surface area contributed by atoms with E-state index in [4.69, 9.17) is 11.3 Å². The quantitative estimate of drug-likeness (QED) is 0.322. The smallest absolute Gasteiger partial charge is 0.406 e. The normalized spacial score (nSPS) is 15.9. The lowest BCUT2D eigenvalue weighted by molar-refractivity contribution is -0.274. The summed E-state index contributed by atoms with van der Waals surface area (Å²) in [5.41, 5.74) is 3.53. The molecule has 2 heterocycles. The van der Waals surface area contributed by atoms with E-state index in [0.717, 1.165) is 55.1 Å². The molecule has 2 aromatic carbocycles. The van der Waals surface area contributed by atoms with Crippen molar-refractivity contribution >= 4 is 5.69 Å². The van der Waals surface area contributed by atoms with Gasteiger partial charge in [-0.3, -0.25) is 4.90 Å². The van der Waals surface area contributed by atoms with Crippen LogP contribution in [0, 0.1) is 18.9 Å². The van der Waals surface area contributed by atoms with E-state index in [2.05, 4.69) is 24.0 Å². The Bertz CT molecular complexity index is 1220. The Morgan fingerprint density at radius 2 is 1.78 bits per heavy atom. The number of alkyl halides is 3. The molecule has 1 aromatic heterocycles. The fourth-order valence-electron chi connectivity index (χ4n) is 5.09. The van der Waals surface area contributed by atoms with Crippen LogP contribution in [0.25, 0.3) is 4.85 Å². The maximum absolute atomic E-state index is 12.7. The summed E-state index contributed by atoms with van der Waals surface area (Å²) in [6.45, 7) is 12.8. The van der Waals surface area contributed by atoms with E-state index in [-0.39, 0.29) is 11.2 Å². The van der Waals surface area contributed by atoms with Crippen LogP contribution in [-0.2, 0) is 24.2 Å². The van der Waals surface area contributed by atoms with E-state index in [9.17, 15) is 13.2 Å². The second-order valence-electron chi connectivity index (χ2n) is 9.74. The third kappa shape index (κ3) is 7.12. The highest BCUT2D eigenvalue weighted by Gasteiger charge is 2.36. The topological polar surface area (TPSA) is 43.9 Å². The molecule has 0 unspecified atom stereocenters. The standard InChI is InChI=1S/C28H31F3N4O2/c1-21-33-17-25(35(21)18-22-7-9-24(32-2)10-8-22)19-34-13-11-27(12-14-34,20-36-3)16-23-5-4-6-26(15-23)37-28(29,30)31/h4-10,15,17H,11-14,16,18-20H2,1,3H3. The molecule has 196 valence electrons. The van der Waals surface area contributed by atoms with Gasteiger partial charge in [-0.25, -0.2) is 9.83 Å². The zero-order valence-corrected chi connectivity index (χ0v) is 21.1. The second kappa shape index (κ2) is 11.4. The summed E-state index contributed by atoms with van der Waals surface area (Å²) in [7, 11) is 1.67. The molecule has 0 N–H and O–H groups in total. The first kappa shape index (κ1) is 26.7. The van der Waals surface area contributed by atoms with Gasteiger partial charge < -0.3 is 14.0 Å². The van der Waals surface area contributed by atoms with E-state index < -0.39 is 6.36 Å². The third-order valence-electron chi connectivity index (χ3n) is 7.01. The molecular weight excluding hydrogens is 481 g/mol. The number of nitrogens with zero attached hydrogens (tertiary/aromatic N) is 4. The summed E-state index contributed by atoms with van der Waals surface area (Å²) in [5.74, 6) is 0.748. The summed E-state index contributed by atoms with van der Waals surface area (Å²) in [4.78, 5) is 10.4. The Labute approximate surface area is 215 Å². The highest BCUT2D eigenvalue weighted by Crippen LogP contribution is 2.37. The van der Waals surface area contributed by atoms with Crippen LogP contribution in [-0.4, -0.2) is 47.6 Å². The number of likely N-dealkylation sites (tertiary alicyclic amines) is 1. The van der Waals surface area contributed by atoms with Gasteiger partial charge >= 0.3 is 6.36 Å². The zero-order valence-electron chi connectivity index (χ0n) is 21.1. The number of rotatable bonds is 9. The zero-order chi connectivity index (χ0) is 26.5. The number of hydrogen-bond acceptors (Lipinski definition) is 4. The Morgan fingerprint density at radius 1 is 1.05 bits per heavy atom. The first-order valence-electron chi connectivity index (χ1n) is 12.2. The van der Waals surface area contributed by atoms with Crippen LogP contribution in [0.4, 0.5) is 18.9 Å². The van der Waals surface area contributed by atoms with Gasteiger partial charge in [0.1, 0.15) is 11.6 Å². The molecule has 4 rings (SSSR count). The van der Waals surface area contributed by atoms with Crippen molar-refractivity contribution in [1.82, 2.24) is 14.5 Å². The van der Waals surface area contributed by atoms with Crippen molar-refractivity contribution in [3.8, 4) is 5.75 Å². The van der Waals surface area contributed by atoms with Crippen LogP contribution in [0.2, 0.25) is 0 Å². The SMILES string of the molecule is [C-]#[N+]c1ccc(Cn2c(CN3CCC(COC)(Cc4cccc(OC(F)(F)F)c4)CC3)cnc2C)cc1. The number of piperidine rings is 1. The molecule has 0 bridgehead atoms. The number of halogens is 3. The number of hydrogen-bond donors (Lipinski definition) is 0. The second-order valence-corrected chi connectivity index (χ2v) is 9.74. The minimum absolute atomic E-state index is 0.150. The Kier molecular flexibility index (Phi) is 8.20. The minimum Gasteiger partial charge on any atom is -0.406 e. The molecule has 3 aromatic rings. The number of benzene rings is 2. The molecule has 0 atom stereocenters. The first-order valence-corrected chi connectivity index (χ1v) is 12.2. The average molecular weight is 513 g/mol. The maximum atomic E-state index is 12.7. The van der Waals surface area contributed by atoms with Gasteiger partial charge in [-0.1, -0.05) is 36.4 Å². The molecule has 1 saturated heterocycles. The lowest BCUT2D eigenvalue weighted by Crippen LogP contribution is -2.43. The van der Waals surface area contributed by atoms with Crippen molar-refractivity contribution in [2.75, 3.05) is 26.8 Å². The van der Waals surface area contributed by atoms with E-state index in [1.807, 2.05) is 43.5 Å². The molecule has 0 amide bonds. The van der Waals surface area contributed by atoms with Crippen molar-refractivity contribution < 1.29 is 22.6 Å². The van der Waals surface area contributed by atoms with Crippen LogP contribution >= 0.6 is 0 Å². The molecule has 0 radical (unpaired) electrons. The van der Waals surface area contributed by atoms with Gasteiger partial charge in [0.05, 0.1) is 18.9 Å². The number of ether oxygens (including phenoxy) is 2.